The van der Waals surface area contributed by atoms with Crippen LogP contribution in [0.15, 0.2) is 85.1 Å². The average molecular weight is 1130 g/mol. The largest absolute Gasteiger partial charge is 0.756 e. The minimum atomic E-state index is -4.72. The summed E-state index contributed by atoms with van der Waals surface area (Å²) < 4.78 is 30.3. The summed E-state index contributed by atoms with van der Waals surface area (Å²) in [5.74, 6) is -0.633. The second-order valence-corrected chi connectivity index (χ2v) is 24.7. The molecule has 0 aromatic heterocycles. The first kappa shape index (κ1) is 76.2. The number of carbonyl (C=O) groups is 2. The lowest BCUT2D eigenvalue weighted by Gasteiger charge is -2.30. The van der Waals surface area contributed by atoms with Gasteiger partial charge < -0.3 is 28.5 Å². The molecule has 0 aromatic carbocycles. The van der Waals surface area contributed by atoms with E-state index in [1.54, 1.807) is 0 Å². The Balaban J connectivity index is 5.20. The van der Waals surface area contributed by atoms with Crippen LogP contribution < -0.4 is 10.2 Å². The summed E-state index contributed by atoms with van der Waals surface area (Å²) >= 11 is 0. The molecular weight excluding hydrogens is 1000 g/mol. The van der Waals surface area contributed by atoms with Gasteiger partial charge >= 0.3 is 5.97 Å². The fraction of sp³-hybridized carbons (Fsp3) is 0.768. The first-order chi connectivity index (χ1) is 38.4. The molecule has 0 fully saturated rings. The predicted molar refractivity (Wildman–Crippen MR) is 339 cm³/mol. The quantitative estimate of drug-likeness (QED) is 0.0212. The molecule has 1 amide bonds. The van der Waals surface area contributed by atoms with Crippen LogP contribution in [0.25, 0.3) is 0 Å². The molecule has 0 bridgehead atoms. The van der Waals surface area contributed by atoms with E-state index in [1.807, 2.05) is 45.4 Å². The Kier molecular flexibility index (Phi) is 56.3. The number of phosphoric ester groups is 1. The number of esters is 1. The van der Waals surface area contributed by atoms with Gasteiger partial charge in [-0.1, -0.05) is 292 Å². The zero-order valence-electron chi connectivity index (χ0n) is 52.3. The van der Waals surface area contributed by atoms with Gasteiger partial charge in [0.2, 0.25) is 5.91 Å². The summed E-state index contributed by atoms with van der Waals surface area (Å²) in [6, 6.07) is -0.921. The number of hydrogen-bond donors (Lipinski definition) is 1. The molecule has 10 heteroatoms. The van der Waals surface area contributed by atoms with E-state index in [-0.39, 0.29) is 18.9 Å². The van der Waals surface area contributed by atoms with E-state index in [4.69, 9.17) is 13.8 Å². The Morgan fingerprint density at radius 3 is 1.22 bits per heavy atom. The highest BCUT2D eigenvalue weighted by Gasteiger charge is 2.27. The van der Waals surface area contributed by atoms with Gasteiger partial charge in [0, 0.05) is 12.8 Å². The van der Waals surface area contributed by atoms with Crippen molar-refractivity contribution in [3.05, 3.63) is 85.1 Å². The molecular formula is C69H125N2O7P. The van der Waals surface area contributed by atoms with Crippen LogP contribution in [0, 0.1) is 0 Å². The molecule has 9 nitrogen and oxygen atoms in total. The molecule has 0 spiro atoms. The summed E-state index contributed by atoms with van der Waals surface area (Å²) in [5.41, 5.74) is 0. The van der Waals surface area contributed by atoms with Crippen LogP contribution in [0.1, 0.15) is 290 Å². The van der Waals surface area contributed by atoms with Crippen molar-refractivity contribution in [2.24, 2.45) is 0 Å². The lowest BCUT2D eigenvalue weighted by molar-refractivity contribution is -0.870. The van der Waals surface area contributed by atoms with E-state index < -0.39 is 32.5 Å². The number of quaternary nitrogens is 1. The summed E-state index contributed by atoms with van der Waals surface area (Å²) in [4.78, 5) is 40.0. The van der Waals surface area contributed by atoms with E-state index in [0.29, 0.717) is 23.9 Å². The van der Waals surface area contributed by atoms with E-state index in [0.717, 1.165) is 77.0 Å². The number of nitrogens with zero attached hydrogens (tertiary/aromatic N) is 1. The third-order valence-corrected chi connectivity index (χ3v) is 15.3. The smallest absolute Gasteiger partial charge is 0.306 e. The molecule has 3 unspecified atom stereocenters. The van der Waals surface area contributed by atoms with E-state index >= 15 is 0 Å². The number of unbranched alkanes of at least 4 members (excludes halogenated alkanes) is 31. The van der Waals surface area contributed by atoms with Crippen molar-refractivity contribution in [1.29, 1.82) is 0 Å². The van der Waals surface area contributed by atoms with Crippen molar-refractivity contribution in [3.63, 3.8) is 0 Å². The number of phosphoric acid groups is 1. The summed E-state index contributed by atoms with van der Waals surface area (Å²) in [6.45, 7) is 6.70. The minimum Gasteiger partial charge on any atom is -0.756 e. The predicted octanol–water partition coefficient (Wildman–Crippen LogP) is 19.9. The van der Waals surface area contributed by atoms with Crippen molar-refractivity contribution in [2.45, 2.75) is 303 Å². The Labute approximate surface area is 488 Å². The first-order valence-corrected chi connectivity index (χ1v) is 34.4. The fourth-order valence-corrected chi connectivity index (χ4v) is 10.0. The normalized spacial score (nSPS) is 14.2. The molecule has 3 atom stereocenters. The molecule has 0 rings (SSSR count). The number of likely N-dealkylation sites (N-methyl/N-ethyl adjacent to an activating group) is 1. The monoisotopic (exact) mass is 1120 g/mol. The molecule has 0 aromatic rings. The third kappa shape index (κ3) is 59.6. The van der Waals surface area contributed by atoms with Gasteiger partial charge in [0.05, 0.1) is 33.8 Å². The fourth-order valence-electron chi connectivity index (χ4n) is 9.31. The topological polar surface area (TPSA) is 114 Å². The molecule has 0 aliphatic heterocycles. The van der Waals surface area contributed by atoms with Gasteiger partial charge in [0.25, 0.3) is 7.82 Å². The summed E-state index contributed by atoms with van der Waals surface area (Å²) in [7, 11) is 1.15. The number of ether oxygens (including phenoxy) is 1. The van der Waals surface area contributed by atoms with Crippen LogP contribution in [-0.4, -0.2) is 69.4 Å². The molecule has 0 aliphatic carbocycles. The number of rotatable bonds is 59. The standard InChI is InChI=1S/C69H125N2O7P/c1-7-10-13-16-19-22-25-27-29-31-33-34-35-36-38-39-41-43-46-49-52-55-58-61-68(72)70-66(65-77-79(74,75)76-64-63-71(4,5)6)67(60-57-54-51-48-45-24-21-18-15-12-9-3)78-69(73)62-59-56-53-50-47-44-42-40-37-32-30-28-26-23-20-17-14-11-8-2/h11,14,20,23,28,30,37,40,44,47,53,56-57,60,66-67H,7-10,12-13,15-19,21-22,24-27,29,31-36,38-39,41-43,45-46,48-52,54-55,58-59,61-65H2,1-6H3,(H-,70,72,74,75)/b14-11-,23-20-,30-28-,40-37-,47-44-,56-53-,60-57+. The second-order valence-electron chi connectivity index (χ2n) is 23.2. The van der Waals surface area contributed by atoms with Gasteiger partial charge in [-0.05, 0) is 70.3 Å². The van der Waals surface area contributed by atoms with Gasteiger partial charge in [-0.2, -0.15) is 0 Å². The molecule has 0 heterocycles. The van der Waals surface area contributed by atoms with Crippen LogP contribution in [0.2, 0.25) is 0 Å². The van der Waals surface area contributed by atoms with Gasteiger partial charge in [0.1, 0.15) is 19.3 Å². The average Bonchev–Trinajstić information content (AvgIpc) is 3.41. The first-order valence-electron chi connectivity index (χ1n) is 32.9. The van der Waals surface area contributed by atoms with Gasteiger partial charge in [-0.25, -0.2) is 0 Å². The van der Waals surface area contributed by atoms with Crippen molar-refractivity contribution in [3.8, 4) is 0 Å². The highest BCUT2D eigenvalue weighted by Crippen LogP contribution is 2.38. The third-order valence-electron chi connectivity index (χ3n) is 14.4. The lowest BCUT2D eigenvalue weighted by Crippen LogP contribution is -2.47. The van der Waals surface area contributed by atoms with Crippen molar-refractivity contribution >= 4 is 19.7 Å². The number of hydrogen-bond acceptors (Lipinski definition) is 7. The van der Waals surface area contributed by atoms with Crippen LogP contribution >= 0.6 is 7.82 Å². The Hall–Kier alpha value is -2.81. The Morgan fingerprint density at radius 2 is 0.823 bits per heavy atom. The zero-order valence-corrected chi connectivity index (χ0v) is 53.2. The summed E-state index contributed by atoms with van der Waals surface area (Å²) in [6.07, 6.45) is 77.2. The van der Waals surface area contributed by atoms with Crippen molar-refractivity contribution in [2.75, 3.05) is 40.9 Å². The lowest BCUT2D eigenvalue weighted by atomic mass is 10.0. The van der Waals surface area contributed by atoms with Crippen molar-refractivity contribution in [1.82, 2.24) is 5.32 Å². The molecule has 458 valence electrons. The van der Waals surface area contributed by atoms with E-state index in [1.165, 1.54) is 173 Å². The highest BCUT2D eigenvalue weighted by atomic mass is 31.2. The number of amides is 1. The van der Waals surface area contributed by atoms with Gasteiger partial charge in [-0.3, -0.25) is 14.2 Å². The van der Waals surface area contributed by atoms with Crippen LogP contribution in [0.3, 0.4) is 0 Å². The SMILES string of the molecule is CC/C=C\C/C=C\C/C=C\C/C=C\C/C=C\C/C=C\CCC(=O)OC(/C=C/CCCCCCCCCCC)C(COP(=O)([O-])OCC[N+](C)(C)C)NC(=O)CCCCCCCCCCCCCCCCCCCCCCCCC. The maximum atomic E-state index is 13.6. The van der Waals surface area contributed by atoms with Crippen LogP contribution in [-0.2, 0) is 27.9 Å². The molecule has 79 heavy (non-hydrogen) atoms. The van der Waals surface area contributed by atoms with E-state index in [2.05, 4.69) is 86.8 Å². The number of nitrogens with one attached hydrogen (secondary N) is 1. The molecule has 0 aliphatic rings. The Morgan fingerprint density at radius 1 is 0.456 bits per heavy atom. The van der Waals surface area contributed by atoms with Crippen LogP contribution in [0.5, 0.6) is 0 Å². The van der Waals surface area contributed by atoms with E-state index in [9.17, 15) is 19.0 Å². The molecule has 1 N–H and O–H groups in total. The van der Waals surface area contributed by atoms with Gasteiger partial charge in [0.15, 0.2) is 0 Å². The van der Waals surface area contributed by atoms with Gasteiger partial charge in [-0.15, -0.1) is 0 Å². The second kappa shape index (κ2) is 58.4. The van der Waals surface area contributed by atoms with Crippen LogP contribution in [0.4, 0.5) is 0 Å². The molecule has 0 saturated heterocycles. The van der Waals surface area contributed by atoms with Crippen molar-refractivity contribution < 1.29 is 37.3 Å². The zero-order chi connectivity index (χ0) is 57.9. The minimum absolute atomic E-state index is 0.0352. The number of allylic oxidation sites excluding steroid dienone is 13. The molecule has 0 saturated carbocycles. The molecule has 0 radical (unpaired) electrons. The maximum Gasteiger partial charge on any atom is 0.306 e. The highest BCUT2D eigenvalue weighted by molar-refractivity contribution is 7.45. The summed E-state index contributed by atoms with van der Waals surface area (Å²) in [5, 5.41) is 3.01. The Bertz CT molecular complexity index is 1630. The number of carbonyl (C=O) groups excluding carboxylic acids is 2. The maximum absolute atomic E-state index is 13.6.